The van der Waals surface area contributed by atoms with Crippen LogP contribution in [0.5, 0.6) is 0 Å². The summed E-state index contributed by atoms with van der Waals surface area (Å²) in [6.07, 6.45) is 9.90. The zero-order chi connectivity index (χ0) is 14.4. The molecule has 0 radical (unpaired) electrons. The number of nitrogens with one attached hydrogen (secondary N) is 1. The second kappa shape index (κ2) is 6.84. The Balaban J connectivity index is 1.91. The van der Waals surface area contributed by atoms with Crippen LogP contribution in [0, 0.1) is 5.41 Å². The predicted molar refractivity (Wildman–Crippen MR) is 80.0 cm³/mol. The average molecular weight is 275 g/mol. The standard InChI is InChI=1S/C16H25N3O/c1-13(14-5-9-18-10-6-14)19-15(20)11-16(12-17)7-3-2-4-8-16/h5-6,9-10,13H,2-4,7-8,11-12,17H2,1H3,(H,19,20)/t13-/m1/s1. The van der Waals surface area contributed by atoms with E-state index in [2.05, 4.69) is 10.3 Å². The Labute approximate surface area is 121 Å². The molecule has 4 nitrogen and oxygen atoms in total. The molecule has 0 spiro atoms. The van der Waals surface area contributed by atoms with Crippen LogP contribution in [0.25, 0.3) is 0 Å². The van der Waals surface area contributed by atoms with E-state index in [0.717, 1.165) is 18.4 Å². The molecule has 1 fully saturated rings. The van der Waals surface area contributed by atoms with Crippen molar-refractivity contribution in [1.82, 2.24) is 10.3 Å². The third kappa shape index (κ3) is 3.79. The molecule has 0 saturated heterocycles. The molecule has 1 saturated carbocycles. The molecule has 0 aromatic carbocycles. The fourth-order valence-electron chi connectivity index (χ4n) is 3.12. The highest BCUT2D eigenvalue weighted by Crippen LogP contribution is 2.38. The van der Waals surface area contributed by atoms with Gasteiger partial charge in [-0.3, -0.25) is 9.78 Å². The summed E-state index contributed by atoms with van der Waals surface area (Å²) >= 11 is 0. The van der Waals surface area contributed by atoms with Crippen molar-refractivity contribution in [3.8, 4) is 0 Å². The van der Waals surface area contributed by atoms with Gasteiger partial charge in [0.1, 0.15) is 0 Å². The lowest BCUT2D eigenvalue weighted by atomic mass is 9.71. The lowest BCUT2D eigenvalue weighted by Gasteiger charge is -2.36. The molecule has 1 aliphatic rings. The summed E-state index contributed by atoms with van der Waals surface area (Å²) in [5, 5.41) is 3.08. The van der Waals surface area contributed by atoms with Crippen molar-refractivity contribution >= 4 is 5.91 Å². The molecule has 1 atom stereocenters. The van der Waals surface area contributed by atoms with Gasteiger partial charge in [0.25, 0.3) is 0 Å². The van der Waals surface area contributed by atoms with E-state index in [1.54, 1.807) is 12.4 Å². The highest BCUT2D eigenvalue weighted by Gasteiger charge is 2.33. The van der Waals surface area contributed by atoms with Crippen LogP contribution in [0.15, 0.2) is 24.5 Å². The summed E-state index contributed by atoms with van der Waals surface area (Å²) < 4.78 is 0. The van der Waals surface area contributed by atoms with Crippen LogP contribution in [0.1, 0.15) is 57.1 Å². The van der Waals surface area contributed by atoms with E-state index in [-0.39, 0.29) is 17.4 Å². The normalized spacial score (nSPS) is 19.3. The molecule has 110 valence electrons. The first-order valence-electron chi connectivity index (χ1n) is 7.55. The Morgan fingerprint density at radius 1 is 1.35 bits per heavy atom. The number of nitrogens with zero attached hydrogens (tertiary/aromatic N) is 1. The van der Waals surface area contributed by atoms with Gasteiger partial charge in [0.05, 0.1) is 6.04 Å². The van der Waals surface area contributed by atoms with Crippen molar-refractivity contribution < 1.29 is 4.79 Å². The molecule has 20 heavy (non-hydrogen) atoms. The summed E-state index contributed by atoms with van der Waals surface area (Å²) in [4.78, 5) is 16.3. The van der Waals surface area contributed by atoms with E-state index in [4.69, 9.17) is 5.73 Å². The van der Waals surface area contributed by atoms with Gasteiger partial charge in [0, 0.05) is 18.8 Å². The lowest BCUT2D eigenvalue weighted by molar-refractivity contribution is -0.124. The molecule has 1 heterocycles. The number of hydrogen-bond donors (Lipinski definition) is 2. The summed E-state index contributed by atoms with van der Waals surface area (Å²) in [6, 6.07) is 3.89. The second-order valence-electron chi connectivity index (χ2n) is 6.01. The molecular weight excluding hydrogens is 250 g/mol. The molecule has 2 rings (SSSR count). The summed E-state index contributed by atoms with van der Waals surface area (Å²) in [6.45, 7) is 2.62. The Hall–Kier alpha value is -1.42. The van der Waals surface area contributed by atoms with E-state index in [1.165, 1.54) is 19.3 Å². The fourth-order valence-corrected chi connectivity index (χ4v) is 3.12. The first kappa shape index (κ1) is 15.0. The van der Waals surface area contributed by atoms with Crippen LogP contribution >= 0.6 is 0 Å². The fraction of sp³-hybridized carbons (Fsp3) is 0.625. The molecule has 0 aliphatic heterocycles. The number of nitrogens with two attached hydrogens (primary N) is 1. The van der Waals surface area contributed by atoms with Crippen LogP contribution in [0.2, 0.25) is 0 Å². The SMILES string of the molecule is C[C@@H](NC(=O)CC1(CN)CCCCC1)c1ccncc1. The van der Waals surface area contributed by atoms with E-state index in [9.17, 15) is 4.79 Å². The van der Waals surface area contributed by atoms with Crippen molar-refractivity contribution in [2.75, 3.05) is 6.54 Å². The third-order valence-electron chi connectivity index (χ3n) is 4.47. The average Bonchev–Trinajstić information content (AvgIpc) is 2.49. The van der Waals surface area contributed by atoms with Crippen molar-refractivity contribution in [2.24, 2.45) is 11.1 Å². The maximum Gasteiger partial charge on any atom is 0.221 e. The number of carbonyl (C=O) groups excluding carboxylic acids is 1. The minimum atomic E-state index is 0.0175. The highest BCUT2D eigenvalue weighted by molar-refractivity contribution is 5.77. The minimum Gasteiger partial charge on any atom is -0.350 e. The first-order valence-corrected chi connectivity index (χ1v) is 7.55. The zero-order valence-corrected chi connectivity index (χ0v) is 12.3. The monoisotopic (exact) mass is 275 g/mol. The number of carbonyl (C=O) groups is 1. The zero-order valence-electron chi connectivity index (χ0n) is 12.3. The van der Waals surface area contributed by atoms with Crippen molar-refractivity contribution in [2.45, 2.75) is 51.5 Å². The Morgan fingerprint density at radius 2 is 2.00 bits per heavy atom. The second-order valence-corrected chi connectivity index (χ2v) is 6.01. The van der Waals surface area contributed by atoms with E-state index >= 15 is 0 Å². The lowest BCUT2D eigenvalue weighted by Crippen LogP contribution is -2.39. The molecule has 0 unspecified atom stereocenters. The van der Waals surface area contributed by atoms with Crippen LogP contribution in [0.4, 0.5) is 0 Å². The number of rotatable bonds is 5. The van der Waals surface area contributed by atoms with Crippen molar-refractivity contribution in [1.29, 1.82) is 0 Å². The van der Waals surface area contributed by atoms with Crippen LogP contribution in [0.3, 0.4) is 0 Å². The number of amides is 1. The van der Waals surface area contributed by atoms with Crippen LogP contribution < -0.4 is 11.1 Å². The Bertz CT molecular complexity index is 427. The number of hydrogen-bond acceptors (Lipinski definition) is 3. The van der Waals surface area contributed by atoms with Gasteiger partial charge < -0.3 is 11.1 Å². The van der Waals surface area contributed by atoms with Gasteiger partial charge in [-0.2, -0.15) is 0 Å². The van der Waals surface area contributed by atoms with Crippen molar-refractivity contribution in [3.05, 3.63) is 30.1 Å². The topological polar surface area (TPSA) is 68.0 Å². The van der Waals surface area contributed by atoms with Gasteiger partial charge in [-0.25, -0.2) is 0 Å². The minimum absolute atomic E-state index is 0.0175. The van der Waals surface area contributed by atoms with E-state index in [1.807, 2.05) is 19.1 Å². The van der Waals surface area contributed by atoms with Crippen LogP contribution in [-0.4, -0.2) is 17.4 Å². The maximum atomic E-state index is 12.3. The number of pyridine rings is 1. The molecule has 0 bridgehead atoms. The largest absolute Gasteiger partial charge is 0.350 e. The molecule has 4 heteroatoms. The summed E-state index contributed by atoms with van der Waals surface area (Å²) in [5.74, 6) is 0.113. The van der Waals surface area contributed by atoms with Gasteiger partial charge in [0.2, 0.25) is 5.91 Å². The Kier molecular flexibility index (Phi) is 5.12. The van der Waals surface area contributed by atoms with Crippen LogP contribution in [-0.2, 0) is 4.79 Å². The molecule has 1 aromatic rings. The number of aromatic nitrogens is 1. The molecule has 3 N–H and O–H groups in total. The molecule has 1 aromatic heterocycles. The van der Waals surface area contributed by atoms with Gasteiger partial charge in [-0.15, -0.1) is 0 Å². The van der Waals surface area contributed by atoms with E-state index < -0.39 is 0 Å². The molecule has 1 amide bonds. The maximum absolute atomic E-state index is 12.3. The van der Waals surface area contributed by atoms with Gasteiger partial charge in [-0.1, -0.05) is 19.3 Å². The Morgan fingerprint density at radius 3 is 2.60 bits per heavy atom. The third-order valence-corrected chi connectivity index (χ3v) is 4.47. The summed E-state index contributed by atoms with van der Waals surface area (Å²) in [5.41, 5.74) is 7.05. The van der Waals surface area contributed by atoms with Gasteiger partial charge >= 0.3 is 0 Å². The first-order chi connectivity index (χ1) is 9.65. The van der Waals surface area contributed by atoms with Crippen molar-refractivity contribution in [3.63, 3.8) is 0 Å². The quantitative estimate of drug-likeness (QED) is 0.867. The predicted octanol–water partition coefficient (Wildman–Crippen LogP) is 2.56. The summed E-state index contributed by atoms with van der Waals surface area (Å²) in [7, 11) is 0. The molecular formula is C16H25N3O. The van der Waals surface area contributed by atoms with Gasteiger partial charge in [0.15, 0.2) is 0 Å². The smallest absolute Gasteiger partial charge is 0.221 e. The highest BCUT2D eigenvalue weighted by atomic mass is 16.1. The van der Waals surface area contributed by atoms with E-state index in [0.29, 0.717) is 13.0 Å². The van der Waals surface area contributed by atoms with Gasteiger partial charge in [-0.05, 0) is 49.4 Å². The molecule has 1 aliphatic carbocycles.